The van der Waals surface area contributed by atoms with Crippen LogP contribution >= 0.6 is 20.4 Å². The fourth-order valence-electron chi connectivity index (χ4n) is 3.11. The smallest absolute Gasteiger partial charge is 0.419 e. The number of thioether (sulfide) groups is 1. The lowest BCUT2D eigenvalue weighted by atomic mass is 10.1. The predicted octanol–water partition coefficient (Wildman–Crippen LogP) is 5.78. The SMILES string of the molecule is CS/C(=N\N=C\C(N)COP(O)O)c1ccc(OCCCCc2cccc(C(F)(F)F)c2)c(C(F)(F)F)c1. The van der Waals surface area contributed by atoms with Crippen molar-refractivity contribution in [3.8, 4) is 5.75 Å². The van der Waals surface area contributed by atoms with Crippen molar-refractivity contribution < 1.29 is 45.4 Å². The Bertz CT molecular complexity index is 1100. The molecule has 0 heterocycles. The minimum absolute atomic E-state index is 0.0566. The molecule has 2 aromatic carbocycles. The number of hydrogen-bond acceptors (Lipinski definition) is 8. The molecule has 1 atom stereocenters. The molecule has 0 saturated carbocycles. The van der Waals surface area contributed by atoms with Crippen molar-refractivity contribution in [2.45, 2.75) is 37.7 Å². The van der Waals surface area contributed by atoms with Crippen molar-refractivity contribution in [3.05, 3.63) is 64.7 Å². The minimum atomic E-state index is -4.72. The lowest BCUT2D eigenvalue weighted by Gasteiger charge is -2.15. The third kappa shape index (κ3) is 10.9. The Balaban J connectivity index is 2.03. The van der Waals surface area contributed by atoms with Gasteiger partial charge in [0.2, 0.25) is 0 Å². The molecular weight excluding hydrogens is 559 g/mol. The fraction of sp³-hybridized carbons (Fsp3) is 0.391. The van der Waals surface area contributed by atoms with Crippen molar-refractivity contribution >= 4 is 31.6 Å². The lowest BCUT2D eigenvalue weighted by Crippen LogP contribution is -2.26. The average molecular weight is 586 g/mol. The Kier molecular flexibility index (Phi) is 12.5. The Labute approximate surface area is 220 Å². The zero-order valence-corrected chi connectivity index (χ0v) is 21.7. The van der Waals surface area contributed by atoms with E-state index in [1.807, 2.05) is 0 Å². The summed E-state index contributed by atoms with van der Waals surface area (Å²) in [6, 6.07) is 7.54. The summed E-state index contributed by atoms with van der Waals surface area (Å²) in [6.45, 7) is -0.296. The molecule has 2 rings (SSSR count). The first-order valence-electron chi connectivity index (χ1n) is 11.0. The van der Waals surface area contributed by atoms with Gasteiger partial charge >= 0.3 is 21.0 Å². The molecule has 38 heavy (non-hydrogen) atoms. The van der Waals surface area contributed by atoms with E-state index in [0.717, 1.165) is 36.2 Å². The maximum atomic E-state index is 13.7. The summed E-state index contributed by atoms with van der Waals surface area (Å²) in [6.07, 6.45) is -5.33. The first-order chi connectivity index (χ1) is 17.8. The number of hydrogen-bond donors (Lipinski definition) is 3. The van der Waals surface area contributed by atoms with E-state index in [1.54, 1.807) is 12.3 Å². The van der Waals surface area contributed by atoms with Gasteiger partial charge in [-0.3, -0.25) is 0 Å². The zero-order chi connectivity index (χ0) is 28.3. The molecule has 0 aliphatic heterocycles. The van der Waals surface area contributed by atoms with E-state index in [-0.39, 0.29) is 29.6 Å². The topological polar surface area (TPSA) is 110 Å². The van der Waals surface area contributed by atoms with E-state index in [9.17, 15) is 26.3 Å². The molecule has 0 bridgehead atoms. The molecule has 4 N–H and O–H groups in total. The molecular formula is C23H26F6N3O4PS. The Hall–Kier alpha value is -2.22. The molecule has 15 heteroatoms. The Morgan fingerprint density at radius 2 is 1.82 bits per heavy atom. The van der Waals surface area contributed by atoms with Crippen molar-refractivity contribution in [1.82, 2.24) is 0 Å². The Morgan fingerprint density at radius 3 is 2.45 bits per heavy atom. The van der Waals surface area contributed by atoms with Crippen molar-refractivity contribution in [2.24, 2.45) is 15.9 Å². The van der Waals surface area contributed by atoms with Crippen LogP contribution in [-0.4, -0.2) is 46.6 Å². The van der Waals surface area contributed by atoms with Gasteiger partial charge in [0.15, 0.2) is 0 Å². The van der Waals surface area contributed by atoms with Crippen LogP contribution in [0.2, 0.25) is 0 Å². The van der Waals surface area contributed by atoms with Gasteiger partial charge in [0.05, 0.1) is 30.4 Å². The summed E-state index contributed by atoms with van der Waals surface area (Å²) in [5, 5.41) is 7.78. The van der Waals surface area contributed by atoms with E-state index in [1.165, 1.54) is 18.2 Å². The molecule has 7 nitrogen and oxygen atoms in total. The number of aryl methyl sites for hydroxylation is 1. The molecule has 210 valence electrons. The number of halogens is 6. The molecule has 0 aromatic heterocycles. The third-order valence-corrected chi connectivity index (χ3v) is 5.97. The lowest BCUT2D eigenvalue weighted by molar-refractivity contribution is -0.139. The highest BCUT2D eigenvalue weighted by Crippen LogP contribution is 2.37. The van der Waals surface area contributed by atoms with Crippen LogP contribution in [0.25, 0.3) is 0 Å². The largest absolute Gasteiger partial charge is 0.493 e. The minimum Gasteiger partial charge on any atom is -0.493 e. The van der Waals surface area contributed by atoms with Gasteiger partial charge in [0, 0.05) is 11.8 Å². The van der Waals surface area contributed by atoms with E-state index >= 15 is 0 Å². The number of unbranched alkanes of at least 4 members (excludes halogenated alkanes) is 1. The van der Waals surface area contributed by atoms with Crippen LogP contribution in [0, 0.1) is 0 Å². The van der Waals surface area contributed by atoms with Gasteiger partial charge in [0.1, 0.15) is 10.8 Å². The summed E-state index contributed by atoms with van der Waals surface area (Å²) in [5.74, 6) is -0.382. The van der Waals surface area contributed by atoms with E-state index in [4.69, 9.17) is 20.3 Å². The summed E-state index contributed by atoms with van der Waals surface area (Å²) in [5.41, 5.74) is 4.50. The molecule has 1 unspecified atom stereocenters. The Morgan fingerprint density at radius 1 is 1.08 bits per heavy atom. The molecule has 0 aliphatic rings. The van der Waals surface area contributed by atoms with Crippen LogP contribution in [0.5, 0.6) is 5.75 Å². The van der Waals surface area contributed by atoms with Gasteiger partial charge in [-0.25, -0.2) is 0 Å². The van der Waals surface area contributed by atoms with Crippen molar-refractivity contribution in [2.75, 3.05) is 19.5 Å². The molecule has 0 spiro atoms. The van der Waals surface area contributed by atoms with Crippen molar-refractivity contribution in [3.63, 3.8) is 0 Å². The fourth-order valence-corrected chi connectivity index (χ4v) is 3.91. The van der Waals surface area contributed by atoms with Crippen LogP contribution < -0.4 is 10.5 Å². The van der Waals surface area contributed by atoms with E-state index in [0.29, 0.717) is 24.8 Å². The first-order valence-corrected chi connectivity index (χ1v) is 13.4. The van der Waals surface area contributed by atoms with Crippen LogP contribution in [-0.2, 0) is 23.3 Å². The third-order valence-electron chi connectivity index (χ3n) is 4.89. The number of nitrogens with zero attached hydrogens (tertiary/aromatic N) is 2. The van der Waals surface area contributed by atoms with Crippen molar-refractivity contribution in [1.29, 1.82) is 0 Å². The van der Waals surface area contributed by atoms with Crippen LogP contribution in [0.15, 0.2) is 52.7 Å². The number of nitrogens with two attached hydrogens (primary N) is 1. The van der Waals surface area contributed by atoms with Gasteiger partial charge in [-0.05, 0) is 55.3 Å². The second-order valence-electron chi connectivity index (χ2n) is 7.80. The highest BCUT2D eigenvalue weighted by molar-refractivity contribution is 8.13. The van der Waals surface area contributed by atoms with Crippen LogP contribution in [0.3, 0.4) is 0 Å². The second-order valence-corrected chi connectivity index (χ2v) is 9.36. The molecule has 0 saturated heterocycles. The monoisotopic (exact) mass is 585 g/mol. The first kappa shape index (κ1) is 32.0. The quantitative estimate of drug-likeness (QED) is 0.0728. The number of alkyl halides is 6. The molecule has 0 fully saturated rings. The number of rotatable bonds is 12. The molecule has 2 aromatic rings. The molecule has 0 aliphatic carbocycles. The second kappa shape index (κ2) is 14.8. The highest BCUT2D eigenvalue weighted by atomic mass is 32.2. The van der Waals surface area contributed by atoms with E-state index in [2.05, 4.69) is 14.7 Å². The molecule has 0 amide bonds. The molecule has 0 radical (unpaired) electrons. The van der Waals surface area contributed by atoms with Gasteiger partial charge in [-0.1, -0.05) is 18.2 Å². The zero-order valence-electron chi connectivity index (χ0n) is 20.0. The van der Waals surface area contributed by atoms with E-state index < -0.39 is 38.1 Å². The van der Waals surface area contributed by atoms with Gasteiger partial charge in [-0.2, -0.15) is 31.4 Å². The number of ether oxygens (including phenoxy) is 1. The van der Waals surface area contributed by atoms with Gasteiger partial charge in [0.25, 0.3) is 0 Å². The average Bonchev–Trinajstić information content (AvgIpc) is 2.84. The summed E-state index contributed by atoms with van der Waals surface area (Å²) >= 11 is 1.05. The standard InChI is InChI=1S/C23H26F6N3O4PS/c1-38-21(32-31-13-18(30)14-36-37(33)34)16-8-9-20(19(12-16)23(27,28)29)35-10-3-2-5-15-6-4-7-17(11-15)22(24,25)26/h4,6-9,11-13,18,33-34H,2-3,5,10,14,30H2,1H3/b31-13+,32-21-. The normalized spacial score (nSPS) is 13.9. The van der Waals surface area contributed by atoms with Crippen LogP contribution in [0.4, 0.5) is 26.3 Å². The maximum Gasteiger partial charge on any atom is 0.419 e. The summed E-state index contributed by atoms with van der Waals surface area (Å²) < 4.78 is 89.5. The predicted molar refractivity (Wildman–Crippen MR) is 135 cm³/mol. The van der Waals surface area contributed by atoms with Crippen LogP contribution in [0.1, 0.15) is 35.1 Å². The van der Waals surface area contributed by atoms with Gasteiger partial charge < -0.3 is 24.8 Å². The summed E-state index contributed by atoms with van der Waals surface area (Å²) in [7, 11) is -2.58. The maximum absolute atomic E-state index is 13.7. The number of benzene rings is 2. The van der Waals surface area contributed by atoms with Gasteiger partial charge in [-0.15, -0.1) is 16.9 Å². The summed E-state index contributed by atoms with van der Waals surface area (Å²) in [4.78, 5) is 17.4. The highest BCUT2D eigenvalue weighted by Gasteiger charge is 2.35.